The van der Waals surface area contributed by atoms with Gasteiger partial charge < -0.3 is 5.11 Å². The van der Waals surface area contributed by atoms with Crippen molar-refractivity contribution in [2.45, 2.75) is 64.9 Å². The van der Waals surface area contributed by atoms with Gasteiger partial charge in [-0.05, 0) is 55.4 Å². The van der Waals surface area contributed by atoms with Gasteiger partial charge >= 0.3 is 0 Å². The zero-order chi connectivity index (χ0) is 15.7. The topological polar surface area (TPSA) is 54.4 Å². The number of hydrogen-bond donors (Lipinski definition) is 1. The first-order valence-corrected chi connectivity index (χ1v) is 8.81. The third kappa shape index (κ3) is 1.72. The molecular weight excluding hydrogens is 276 g/mol. The van der Waals surface area contributed by atoms with Crippen molar-refractivity contribution in [3.8, 4) is 0 Å². The number of rotatable bonds is 0. The predicted molar refractivity (Wildman–Crippen MR) is 83.1 cm³/mol. The fourth-order valence-electron chi connectivity index (χ4n) is 6.06. The summed E-state index contributed by atoms with van der Waals surface area (Å²) in [5.41, 5.74) is 0.876. The summed E-state index contributed by atoms with van der Waals surface area (Å²) in [6.45, 7) is 4.38. The van der Waals surface area contributed by atoms with Crippen LogP contribution in [0.3, 0.4) is 0 Å². The summed E-state index contributed by atoms with van der Waals surface area (Å²) in [5.74, 6) is 0.888. The van der Waals surface area contributed by atoms with E-state index in [1.54, 1.807) is 0 Å². The predicted octanol–water partition coefficient (Wildman–Crippen LogP) is 3.06. The lowest BCUT2D eigenvalue weighted by molar-refractivity contribution is -0.144. The monoisotopic (exact) mass is 302 g/mol. The zero-order valence-electron chi connectivity index (χ0n) is 13.6. The third-order valence-electron chi connectivity index (χ3n) is 7.45. The highest BCUT2D eigenvalue weighted by molar-refractivity contribution is 5.96. The van der Waals surface area contributed by atoms with Gasteiger partial charge in [-0.2, -0.15) is 0 Å². The summed E-state index contributed by atoms with van der Waals surface area (Å²) in [6.07, 6.45) is 7.57. The lowest BCUT2D eigenvalue weighted by Gasteiger charge is -2.54. The molecule has 6 atom stereocenters. The van der Waals surface area contributed by atoms with Crippen molar-refractivity contribution < 1.29 is 14.7 Å². The van der Waals surface area contributed by atoms with Crippen LogP contribution in [0.1, 0.15) is 58.8 Å². The third-order valence-corrected chi connectivity index (χ3v) is 7.45. The fourth-order valence-corrected chi connectivity index (χ4v) is 6.06. The van der Waals surface area contributed by atoms with Crippen LogP contribution in [-0.2, 0) is 9.59 Å². The van der Waals surface area contributed by atoms with Crippen molar-refractivity contribution in [1.29, 1.82) is 0 Å². The molecule has 0 aromatic rings. The Hall–Kier alpha value is -0.960. The van der Waals surface area contributed by atoms with Crippen molar-refractivity contribution in [3.63, 3.8) is 0 Å². The second-order valence-corrected chi connectivity index (χ2v) is 8.58. The van der Waals surface area contributed by atoms with Crippen LogP contribution in [0.15, 0.2) is 11.6 Å². The molecule has 4 aliphatic carbocycles. The molecule has 4 aliphatic rings. The number of aliphatic hydroxyl groups is 1. The minimum absolute atomic E-state index is 0.00418. The standard InChI is InChI=1S/C19H26O3/c1-18-6-3-4-13(18)17-14(5-7-18)19(2)11(9-15(17)21)8-12(20)10-16(19)22/h5,11-13,17,20H,3-4,6-10H2,1-2H3/t11?,12?,13-,17-,18-,19-/m0/s1. The normalized spacial score (nSPS) is 51.0. The molecule has 1 N–H and O–H groups in total. The Balaban J connectivity index is 1.80. The van der Waals surface area contributed by atoms with Crippen molar-refractivity contribution >= 4 is 11.6 Å². The molecule has 0 aromatic heterocycles. The molecule has 3 saturated carbocycles. The summed E-state index contributed by atoms with van der Waals surface area (Å²) in [7, 11) is 0. The molecule has 22 heavy (non-hydrogen) atoms. The molecule has 3 nitrogen and oxygen atoms in total. The Labute approximate surface area is 132 Å². The molecule has 0 radical (unpaired) electrons. The van der Waals surface area contributed by atoms with Crippen molar-refractivity contribution in [1.82, 2.24) is 0 Å². The first-order valence-electron chi connectivity index (χ1n) is 8.81. The van der Waals surface area contributed by atoms with Gasteiger partial charge in [-0.3, -0.25) is 9.59 Å². The minimum Gasteiger partial charge on any atom is -0.393 e. The minimum atomic E-state index is -0.559. The van der Waals surface area contributed by atoms with Gasteiger partial charge in [0.25, 0.3) is 0 Å². The van der Waals surface area contributed by atoms with Crippen LogP contribution in [0.4, 0.5) is 0 Å². The molecule has 0 saturated heterocycles. The summed E-state index contributed by atoms with van der Waals surface area (Å²) in [6, 6.07) is 0. The molecule has 4 rings (SSSR count). The zero-order valence-corrected chi connectivity index (χ0v) is 13.6. The van der Waals surface area contributed by atoms with E-state index >= 15 is 0 Å². The average molecular weight is 302 g/mol. The van der Waals surface area contributed by atoms with Crippen LogP contribution in [0.5, 0.6) is 0 Å². The van der Waals surface area contributed by atoms with Crippen LogP contribution < -0.4 is 0 Å². The summed E-state index contributed by atoms with van der Waals surface area (Å²) in [4.78, 5) is 25.7. The van der Waals surface area contributed by atoms with Crippen LogP contribution in [0.2, 0.25) is 0 Å². The van der Waals surface area contributed by atoms with E-state index in [0.29, 0.717) is 24.5 Å². The Bertz CT molecular complexity index is 577. The number of fused-ring (bicyclic) bond motifs is 5. The number of carbonyl (C=O) groups excluding carboxylic acids is 2. The number of allylic oxidation sites excluding steroid dienone is 2. The number of Topliss-reactive ketones (excluding diaryl/α,β-unsaturated/α-hetero) is 2. The van der Waals surface area contributed by atoms with E-state index in [9.17, 15) is 14.7 Å². The van der Waals surface area contributed by atoms with Crippen LogP contribution in [-0.4, -0.2) is 22.8 Å². The maximum atomic E-state index is 12.9. The lowest BCUT2D eigenvalue weighted by Crippen LogP contribution is -2.55. The highest BCUT2D eigenvalue weighted by Gasteiger charge is 2.60. The lowest BCUT2D eigenvalue weighted by atomic mass is 9.48. The van der Waals surface area contributed by atoms with Crippen LogP contribution in [0, 0.1) is 28.6 Å². The summed E-state index contributed by atoms with van der Waals surface area (Å²) in [5, 5.41) is 9.95. The molecule has 120 valence electrons. The molecule has 0 aromatic carbocycles. The summed E-state index contributed by atoms with van der Waals surface area (Å²) < 4.78 is 0. The van der Waals surface area contributed by atoms with Gasteiger partial charge in [0.05, 0.1) is 11.5 Å². The summed E-state index contributed by atoms with van der Waals surface area (Å²) >= 11 is 0. The first-order chi connectivity index (χ1) is 10.4. The Morgan fingerprint density at radius 3 is 2.77 bits per heavy atom. The van der Waals surface area contributed by atoms with Gasteiger partial charge in [-0.15, -0.1) is 0 Å². The Morgan fingerprint density at radius 1 is 1.23 bits per heavy atom. The van der Waals surface area contributed by atoms with Crippen molar-refractivity contribution in [3.05, 3.63) is 11.6 Å². The quantitative estimate of drug-likeness (QED) is 0.700. The number of ketones is 2. The van der Waals surface area contributed by atoms with E-state index in [1.807, 2.05) is 0 Å². The first kappa shape index (κ1) is 14.6. The molecule has 0 heterocycles. The van der Waals surface area contributed by atoms with Gasteiger partial charge in [0, 0.05) is 18.8 Å². The van der Waals surface area contributed by atoms with E-state index in [-0.39, 0.29) is 29.5 Å². The van der Waals surface area contributed by atoms with Gasteiger partial charge in [-0.1, -0.05) is 19.4 Å². The Kier molecular flexibility index (Phi) is 3.01. The number of aliphatic hydroxyl groups excluding tert-OH is 1. The van der Waals surface area contributed by atoms with E-state index in [2.05, 4.69) is 19.9 Å². The molecule has 0 aliphatic heterocycles. The molecule has 0 spiro atoms. The number of carbonyl (C=O) groups is 2. The Morgan fingerprint density at radius 2 is 2.00 bits per heavy atom. The van der Waals surface area contributed by atoms with Crippen LogP contribution >= 0.6 is 0 Å². The second-order valence-electron chi connectivity index (χ2n) is 8.58. The SMILES string of the molecule is C[C@]12C(=O)CC(O)CC1CC(=O)[C@@H]1C2=CC[C@]2(C)CCC[C@@H]12. The van der Waals surface area contributed by atoms with Crippen molar-refractivity contribution in [2.75, 3.05) is 0 Å². The fraction of sp³-hybridized carbons (Fsp3) is 0.789. The van der Waals surface area contributed by atoms with Gasteiger partial charge in [0.2, 0.25) is 0 Å². The largest absolute Gasteiger partial charge is 0.393 e. The van der Waals surface area contributed by atoms with E-state index < -0.39 is 11.5 Å². The van der Waals surface area contributed by atoms with E-state index in [1.165, 1.54) is 12.8 Å². The molecular formula is C19H26O3. The number of hydrogen-bond acceptors (Lipinski definition) is 3. The molecule has 0 bridgehead atoms. The van der Waals surface area contributed by atoms with Gasteiger partial charge in [0.1, 0.15) is 11.6 Å². The van der Waals surface area contributed by atoms with E-state index in [4.69, 9.17) is 0 Å². The average Bonchev–Trinajstić information content (AvgIpc) is 2.83. The maximum absolute atomic E-state index is 12.9. The molecule has 3 fully saturated rings. The molecule has 3 heteroatoms. The van der Waals surface area contributed by atoms with Crippen molar-refractivity contribution in [2.24, 2.45) is 28.6 Å². The highest BCUT2D eigenvalue weighted by atomic mass is 16.3. The maximum Gasteiger partial charge on any atom is 0.145 e. The van der Waals surface area contributed by atoms with Crippen LogP contribution in [0.25, 0.3) is 0 Å². The van der Waals surface area contributed by atoms with Gasteiger partial charge in [0.15, 0.2) is 0 Å². The molecule has 2 unspecified atom stereocenters. The van der Waals surface area contributed by atoms with Gasteiger partial charge in [-0.25, -0.2) is 0 Å². The smallest absolute Gasteiger partial charge is 0.145 e. The van der Waals surface area contributed by atoms with E-state index in [0.717, 1.165) is 18.4 Å². The second kappa shape index (κ2) is 4.53. The highest BCUT2D eigenvalue weighted by Crippen LogP contribution is 2.62. The molecule has 0 amide bonds.